The molecule has 0 spiro atoms. The summed E-state index contributed by atoms with van der Waals surface area (Å²) < 4.78 is 28.2. The Kier molecular flexibility index (Phi) is 4.74. The summed E-state index contributed by atoms with van der Waals surface area (Å²) in [6, 6.07) is 3.09. The molecule has 0 fully saturated rings. The monoisotopic (exact) mass is 314 g/mol. The fourth-order valence-corrected chi connectivity index (χ4v) is 3.24. The van der Waals surface area contributed by atoms with Gasteiger partial charge in [-0.1, -0.05) is 11.6 Å². The molecule has 8 heteroatoms. The quantitative estimate of drug-likeness (QED) is 0.817. The number of hydrogen-bond donors (Lipinski definition) is 1. The van der Waals surface area contributed by atoms with E-state index in [1.165, 1.54) is 12.3 Å². The number of nitrogens with one attached hydrogen (secondary N) is 1. The minimum atomic E-state index is -3.65. The lowest BCUT2D eigenvalue weighted by atomic mass is 10.2. The first-order valence-electron chi connectivity index (χ1n) is 6.07. The summed E-state index contributed by atoms with van der Waals surface area (Å²) in [5, 5.41) is 4.04. The van der Waals surface area contributed by atoms with Crippen LogP contribution in [0.15, 0.2) is 35.7 Å². The number of halogens is 1. The van der Waals surface area contributed by atoms with Gasteiger partial charge in [-0.15, -0.1) is 0 Å². The third-order valence-corrected chi connectivity index (χ3v) is 4.51. The van der Waals surface area contributed by atoms with Gasteiger partial charge in [0, 0.05) is 26.0 Å². The standard InChI is InChI=1S/C12H15ClN4O2S/c1-17-9-10(8-15-17)4-2-7-16-20(18,19)12-11(13)5-3-6-14-12/h3,5-6,8-9,16H,2,4,7H2,1H3. The van der Waals surface area contributed by atoms with Crippen LogP contribution in [0, 0.1) is 0 Å². The van der Waals surface area contributed by atoms with Crippen LogP contribution >= 0.6 is 11.6 Å². The van der Waals surface area contributed by atoms with Crippen LogP contribution in [0.25, 0.3) is 0 Å². The van der Waals surface area contributed by atoms with E-state index in [2.05, 4.69) is 14.8 Å². The first-order valence-corrected chi connectivity index (χ1v) is 7.93. The summed E-state index contributed by atoms with van der Waals surface area (Å²) in [5.41, 5.74) is 1.07. The number of aryl methyl sites for hydroxylation is 2. The van der Waals surface area contributed by atoms with Crippen LogP contribution in [0.1, 0.15) is 12.0 Å². The lowest BCUT2D eigenvalue weighted by molar-refractivity contribution is 0.575. The summed E-state index contributed by atoms with van der Waals surface area (Å²) in [7, 11) is -1.81. The largest absolute Gasteiger partial charge is 0.276 e. The molecule has 0 aliphatic rings. The van der Waals surface area contributed by atoms with Crippen molar-refractivity contribution in [3.05, 3.63) is 41.3 Å². The average molecular weight is 315 g/mol. The molecule has 0 aliphatic heterocycles. The highest BCUT2D eigenvalue weighted by atomic mass is 35.5. The lowest BCUT2D eigenvalue weighted by Gasteiger charge is -2.06. The van der Waals surface area contributed by atoms with Crippen molar-refractivity contribution in [3.8, 4) is 0 Å². The molecule has 2 aromatic heterocycles. The zero-order valence-electron chi connectivity index (χ0n) is 11.0. The van der Waals surface area contributed by atoms with Crippen molar-refractivity contribution in [2.45, 2.75) is 17.9 Å². The zero-order chi connectivity index (χ0) is 14.6. The third-order valence-electron chi connectivity index (χ3n) is 2.67. The predicted molar refractivity (Wildman–Crippen MR) is 76.0 cm³/mol. The molecule has 0 bridgehead atoms. The molecular formula is C12H15ClN4O2S. The van der Waals surface area contributed by atoms with Gasteiger partial charge in [0.2, 0.25) is 0 Å². The topological polar surface area (TPSA) is 76.9 Å². The number of hydrogen-bond acceptors (Lipinski definition) is 4. The van der Waals surface area contributed by atoms with E-state index in [-0.39, 0.29) is 10.0 Å². The maximum atomic E-state index is 12.0. The van der Waals surface area contributed by atoms with Gasteiger partial charge in [-0.3, -0.25) is 4.68 Å². The number of aromatic nitrogens is 3. The number of nitrogens with zero attached hydrogens (tertiary/aromatic N) is 3. The van der Waals surface area contributed by atoms with E-state index in [1.54, 1.807) is 16.9 Å². The van der Waals surface area contributed by atoms with Crippen molar-refractivity contribution >= 4 is 21.6 Å². The van der Waals surface area contributed by atoms with E-state index in [9.17, 15) is 8.42 Å². The van der Waals surface area contributed by atoms with Crippen LogP contribution in [0.2, 0.25) is 5.02 Å². The Morgan fingerprint density at radius 2 is 2.25 bits per heavy atom. The molecule has 0 radical (unpaired) electrons. The highest BCUT2D eigenvalue weighted by Crippen LogP contribution is 2.17. The van der Waals surface area contributed by atoms with Crippen LogP contribution in [0.4, 0.5) is 0 Å². The van der Waals surface area contributed by atoms with Gasteiger partial charge in [0.15, 0.2) is 5.03 Å². The molecule has 2 aromatic rings. The van der Waals surface area contributed by atoms with Gasteiger partial charge in [0.05, 0.1) is 11.2 Å². The summed E-state index contributed by atoms with van der Waals surface area (Å²) in [6.45, 7) is 0.324. The second-order valence-electron chi connectivity index (χ2n) is 4.31. The first kappa shape index (κ1) is 15.0. The Balaban J connectivity index is 1.89. The SMILES string of the molecule is Cn1cc(CCCNS(=O)(=O)c2ncccc2Cl)cn1. The normalized spacial score (nSPS) is 11.7. The molecule has 6 nitrogen and oxygen atoms in total. The second-order valence-corrected chi connectivity index (χ2v) is 6.40. The van der Waals surface area contributed by atoms with Crippen molar-refractivity contribution in [2.24, 2.45) is 7.05 Å². The van der Waals surface area contributed by atoms with Crippen LogP contribution in [-0.4, -0.2) is 29.7 Å². The van der Waals surface area contributed by atoms with Gasteiger partial charge < -0.3 is 0 Å². The summed E-state index contributed by atoms with van der Waals surface area (Å²) in [5.74, 6) is 0. The molecule has 0 unspecified atom stereocenters. The first-order chi connectivity index (χ1) is 9.49. The maximum absolute atomic E-state index is 12.0. The van der Waals surface area contributed by atoms with E-state index in [0.29, 0.717) is 13.0 Å². The van der Waals surface area contributed by atoms with Gasteiger partial charge in [0.1, 0.15) is 0 Å². The summed E-state index contributed by atoms with van der Waals surface area (Å²) in [6.07, 6.45) is 6.51. The van der Waals surface area contributed by atoms with Crippen LogP contribution < -0.4 is 4.72 Å². The van der Waals surface area contributed by atoms with Crippen molar-refractivity contribution in [1.29, 1.82) is 0 Å². The highest BCUT2D eigenvalue weighted by molar-refractivity contribution is 7.89. The maximum Gasteiger partial charge on any atom is 0.259 e. The summed E-state index contributed by atoms with van der Waals surface area (Å²) in [4.78, 5) is 3.79. The molecule has 2 heterocycles. The predicted octanol–water partition coefficient (Wildman–Crippen LogP) is 1.38. The molecule has 0 aliphatic carbocycles. The van der Waals surface area contributed by atoms with Crippen molar-refractivity contribution in [1.82, 2.24) is 19.5 Å². The molecule has 0 saturated carbocycles. The molecular weight excluding hydrogens is 300 g/mol. The van der Waals surface area contributed by atoms with Crippen molar-refractivity contribution in [2.75, 3.05) is 6.54 Å². The molecule has 0 saturated heterocycles. The van der Waals surface area contributed by atoms with Crippen LogP contribution in [-0.2, 0) is 23.5 Å². The molecule has 1 N–H and O–H groups in total. The number of rotatable bonds is 6. The smallest absolute Gasteiger partial charge is 0.259 e. The Morgan fingerprint density at radius 3 is 2.90 bits per heavy atom. The highest BCUT2D eigenvalue weighted by Gasteiger charge is 2.18. The van der Waals surface area contributed by atoms with Crippen molar-refractivity contribution < 1.29 is 8.42 Å². The summed E-state index contributed by atoms with van der Waals surface area (Å²) >= 11 is 5.83. The Hall–Kier alpha value is -1.44. The number of pyridine rings is 1. The van der Waals surface area contributed by atoms with E-state index < -0.39 is 10.0 Å². The molecule has 0 atom stereocenters. The van der Waals surface area contributed by atoms with E-state index in [0.717, 1.165) is 12.0 Å². The van der Waals surface area contributed by atoms with Gasteiger partial charge in [-0.05, 0) is 30.5 Å². The minimum absolute atomic E-state index is 0.118. The fourth-order valence-electron chi connectivity index (χ4n) is 1.74. The average Bonchev–Trinajstić information content (AvgIpc) is 2.81. The van der Waals surface area contributed by atoms with Gasteiger partial charge in [0.25, 0.3) is 10.0 Å². The Morgan fingerprint density at radius 1 is 1.45 bits per heavy atom. The van der Waals surface area contributed by atoms with E-state index in [4.69, 9.17) is 11.6 Å². The van der Waals surface area contributed by atoms with Crippen molar-refractivity contribution in [3.63, 3.8) is 0 Å². The third kappa shape index (κ3) is 3.78. The fraction of sp³-hybridized carbons (Fsp3) is 0.333. The minimum Gasteiger partial charge on any atom is -0.276 e. The molecule has 0 amide bonds. The lowest BCUT2D eigenvalue weighted by Crippen LogP contribution is -2.26. The second kappa shape index (κ2) is 6.34. The molecule has 20 heavy (non-hydrogen) atoms. The van der Waals surface area contributed by atoms with Gasteiger partial charge in [-0.25, -0.2) is 18.1 Å². The van der Waals surface area contributed by atoms with E-state index >= 15 is 0 Å². The Bertz CT molecular complexity index is 684. The van der Waals surface area contributed by atoms with E-state index in [1.807, 2.05) is 13.2 Å². The molecule has 2 rings (SSSR count). The Labute approximate surface area is 122 Å². The van der Waals surface area contributed by atoms with Gasteiger partial charge >= 0.3 is 0 Å². The number of sulfonamides is 1. The zero-order valence-corrected chi connectivity index (χ0v) is 12.5. The van der Waals surface area contributed by atoms with Gasteiger partial charge in [-0.2, -0.15) is 5.10 Å². The molecule has 0 aromatic carbocycles. The molecule has 108 valence electrons. The van der Waals surface area contributed by atoms with Crippen LogP contribution in [0.3, 0.4) is 0 Å². The van der Waals surface area contributed by atoms with Crippen LogP contribution in [0.5, 0.6) is 0 Å².